The molecule has 0 aliphatic heterocycles. The van der Waals surface area contributed by atoms with Crippen LogP contribution in [0.2, 0.25) is 0 Å². The van der Waals surface area contributed by atoms with Gasteiger partial charge in [-0.3, -0.25) is 14.4 Å². The molecule has 2 aromatic rings. The predicted octanol–water partition coefficient (Wildman–Crippen LogP) is 2.77. The van der Waals surface area contributed by atoms with Crippen LogP contribution in [-0.2, 0) is 9.59 Å². The van der Waals surface area contributed by atoms with Gasteiger partial charge in [-0.2, -0.15) is 10.2 Å². The Labute approximate surface area is 148 Å². The fourth-order valence-electron chi connectivity index (χ4n) is 1.91. The van der Waals surface area contributed by atoms with Crippen molar-refractivity contribution in [2.45, 2.75) is 5.50 Å². The molecule has 0 aromatic heterocycles. The van der Waals surface area contributed by atoms with Crippen LogP contribution in [0.4, 0.5) is 5.69 Å². The number of benzene rings is 2. The molecule has 0 heterocycles. The Bertz CT molecular complexity index is 809. The molecule has 0 spiro atoms. The molecule has 0 aliphatic carbocycles. The molecule has 0 aliphatic rings. The SMILES string of the molecule is O=C(O)CNC(=O)C(Cl)/N=N/c1ccccc1C(=O)c1ccccc1. The monoisotopic (exact) mass is 359 g/mol. The fraction of sp³-hybridized carbons (Fsp3) is 0.118. The highest BCUT2D eigenvalue weighted by molar-refractivity contribution is 6.30. The third kappa shape index (κ3) is 5.22. The molecular weight excluding hydrogens is 346 g/mol. The van der Waals surface area contributed by atoms with Crippen molar-refractivity contribution in [1.29, 1.82) is 0 Å². The maximum absolute atomic E-state index is 12.5. The quantitative estimate of drug-likeness (QED) is 0.343. The number of nitrogens with zero attached hydrogens (tertiary/aromatic N) is 2. The standard InChI is InChI=1S/C17H14ClN3O4/c18-16(17(25)19-10-14(22)23)21-20-13-9-5-4-8-12(13)15(24)11-6-2-1-3-7-11/h1-9,16H,10H2,(H,19,25)(H,22,23)/b21-20+. The molecule has 2 rings (SSSR count). The summed E-state index contributed by atoms with van der Waals surface area (Å²) in [5.41, 5.74) is -0.341. The highest BCUT2D eigenvalue weighted by atomic mass is 35.5. The van der Waals surface area contributed by atoms with Gasteiger partial charge in [-0.25, -0.2) is 0 Å². The number of carboxylic acid groups (broad SMARTS) is 1. The summed E-state index contributed by atoms with van der Waals surface area (Å²) in [6.07, 6.45) is 0. The molecule has 1 amide bonds. The number of carboxylic acids is 1. The van der Waals surface area contributed by atoms with E-state index in [9.17, 15) is 14.4 Å². The van der Waals surface area contributed by atoms with E-state index in [0.717, 1.165) is 0 Å². The summed E-state index contributed by atoms with van der Waals surface area (Å²) in [5.74, 6) is -2.23. The number of alkyl halides is 1. The molecule has 1 unspecified atom stereocenters. The first-order chi connectivity index (χ1) is 12.0. The van der Waals surface area contributed by atoms with Crippen LogP contribution in [0.15, 0.2) is 64.8 Å². The van der Waals surface area contributed by atoms with Gasteiger partial charge in [-0.15, -0.1) is 0 Å². The molecule has 0 bridgehead atoms. The summed E-state index contributed by atoms with van der Waals surface area (Å²) in [6, 6.07) is 15.2. The normalized spacial score (nSPS) is 11.9. The van der Waals surface area contributed by atoms with Crippen molar-refractivity contribution in [3.8, 4) is 0 Å². The molecule has 25 heavy (non-hydrogen) atoms. The third-order valence-electron chi connectivity index (χ3n) is 3.08. The largest absolute Gasteiger partial charge is 0.480 e. The fourth-order valence-corrected chi connectivity index (χ4v) is 2.03. The lowest BCUT2D eigenvalue weighted by Crippen LogP contribution is -2.34. The summed E-state index contributed by atoms with van der Waals surface area (Å²) >= 11 is 5.76. The molecule has 0 fully saturated rings. The predicted molar refractivity (Wildman–Crippen MR) is 91.1 cm³/mol. The lowest BCUT2D eigenvalue weighted by molar-refractivity contribution is -0.137. The molecular formula is C17H14ClN3O4. The minimum absolute atomic E-state index is 0.239. The molecule has 0 radical (unpaired) electrons. The number of carbonyl (C=O) groups is 3. The number of ketones is 1. The van der Waals surface area contributed by atoms with Gasteiger partial charge in [0.1, 0.15) is 6.54 Å². The molecule has 1 atom stereocenters. The third-order valence-corrected chi connectivity index (χ3v) is 3.37. The Morgan fingerprint density at radius 1 is 1.04 bits per heavy atom. The number of carbonyl (C=O) groups excluding carboxylic acids is 2. The van der Waals surface area contributed by atoms with Crippen LogP contribution in [0.25, 0.3) is 0 Å². The molecule has 2 aromatic carbocycles. The maximum Gasteiger partial charge on any atom is 0.322 e. The van der Waals surface area contributed by atoms with E-state index in [1.54, 1.807) is 54.6 Å². The van der Waals surface area contributed by atoms with E-state index in [-0.39, 0.29) is 11.5 Å². The number of aliphatic carboxylic acids is 1. The summed E-state index contributed by atoms with van der Waals surface area (Å²) in [5, 5.41) is 18.1. The van der Waals surface area contributed by atoms with Crippen molar-refractivity contribution in [1.82, 2.24) is 5.32 Å². The number of rotatable bonds is 7. The van der Waals surface area contributed by atoms with E-state index in [1.807, 2.05) is 0 Å². The van der Waals surface area contributed by atoms with Gasteiger partial charge in [-0.1, -0.05) is 54.1 Å². The zero-order chi connectivity index (χ0) is 18.2. The van der Waals surface area contributed by atoms with Gasteiger partial charge in [-0.05, 0) is 12.1 Å². The minimum atomic E-state index is -1.40. The lowest BCUT2D eigenvalue weighted by atomic mass is 10.0. The number of hydrogen-bond donors (Lipinski definition) is 2. The Balaban J connectivity index is 2.16. The second kappa shape index (κ2) is 8.70. The average Bonchev–Trinajstić information content (AvgIpc) is 2.64. The highest BCUT2D eigenvalue weighted by Gasteiger charge is 2.16. The summed E-state index contributed by atoms with van der Waals surface area (Å²) in [4.78, 5) is 34.5. The second-order valence-electron chi connectivity index (χ2n) is 4.88. The Kier molecular flexibility index (Phi) is 6.36. The van der Waals surface area contributed by atoms with Crippen LogP contribution in [0.1, 0.15) is 15.9 Å². The zero-order valence-corrected chi connectivity index (χ0v) is 13.7. The van der Waals surface area contributed by atoms with E-state index in [1.165, 1.54) is 0 Å². The summed E-state index contributed by atoms with van der Waals surface area (Å²) in [6.45, 7) is -0.569. The van der Waals surface area contributed by atoms with Gasteiger partial charge < -0.3 is 10.4 Å². The summed E-state index contributed by atoms with van der Waals surface area (Å²) < 4.78 is 0. The first-order valence-corrected chi connectivity index (χ1v) is 7.66. The van der Waals surface area contributed by atoms with E-state index in [0.29, 0.717) is 11.1 Å². The van der Waals surface area contributed by atoms with Crippen molar-refractivity contribution in [3.05, 3.63) is 65.7 Å². The molecule has 0 saturated carbocycles. The van der Waals surface area contributed by atoms with Gasteiger partial charge >= 0.3 is 5.97 Å². The molecule has 128 valence electrons. The second-order valence-corrected chi connectivity index (χ2v) is 5.29. The number of azo groups is 1. The summed E-state index contributed by atoms with van der Waals surface area (Å²) in [7, 11) is 0. The van der Waals surface area contributed by atoms with Crippen LogP contribution >= 0.6 is 11.6 Å². The van der Waals surface area contributed by atoms with Crippen molar-refractivity contribution >= 4 is 34.9 Å². The maximum atomic E-state index is 12.5. The van der Waals surface area contributed by atoms with Crippen molar-refractivity contribution in [2.75, 3.05) is 6.54 Å². The van der Waals surface area contributed by atoms with Crippen LogP contribution in [0.5, 0.6) is 0 Å². The number of hydrogen-bond acceptors (Lipinski definition) is 5. The van der Waals surface area contributed by atoms with Crippen LogP contribution in [-0.4, -0.2) is 34.8 Å². The Morgan fingerprint density at radius 2 is 1.68 bits per heavy atom. The first kappa shape index (κ1) is 18.3. The van der Waals surface area contributed by atoms with E-state index < -0.39 is 23.9 Å². The van der Waals surface area contributed by atoms with E-state index >= 15 is 0 Å². The smallest absolute Gasteiger partial charge is 0.322 e. The zero-order valence-electron chi connectivity index (χ0n) is 12.9. The van der Waals surface area contributed by atoms with Gasteiger partial charge in [0.2, 0.25) is 5.50 Å². The number of amides is 1. The highest BCUT2D eigenvalue weighted by Crippen LogP contribution is 2.23. The number of nitrogens with one attached hydrogen (secondary N) is 1. The lowest BCUT2D eigenvalue weighted by Gasteiger charge is -2.06. The van der Waals surface area contributed by atoms with Gasteiger partial charge in [0.15, 0.2) is 5.78 Å². The Morgan fingerprint density at radius 3 is 2.36 bits per heavy atom. The van der Waals surface area contributed by atoms with E-state index in [2.05, 4.69) is 15.5 Å². The van der Waals surface area contributed by atoms with Crippen molar-refractivity contribution in [3.63, 3.8) is 0 Å². The van der Waals surface area contributed by atoms with Gasteiger partial charge in [0.25, 0.3) is 5.91 Å². The van der Waals surface area contributed by atoms with Crippen LogP contribution < -0.4 is 5.32 Å². The topological polar surface area (TPSA) is 108 Å². The van der Waals surface area contributed by atoms with E-state index in [4.69, 9.17) is 16.7 Å². The van der Waals surface area contributed by atoms with Crippen molar-refractivity contribution < 1.29 is 19.5 Å². The first-order valence-electron chi connectivity index (χ1n) is 7.22. The molecule has 2 N–H and O–H groups in total. The average molecular weight is 360 g/mol. The minimum Gasteiger partial charge on any atom is -0.480 e. The molecule has 0 saturated heterocycles. The number of halogens is 1. The van der Waals surface area contributed by atoms with Crippen molar-refractivity contribution in [2.24, 2.45) is 10.2 Å². The van der Waals surface area contributed by atoms with Crippen LogP contribution in [0.3, 0.4) is 0 Å². The Hall–Kier alpha value is -3.06. The van der Waals surface area contributed by atoms with Crippen LogP contribution in [0, 0.1) is 0 Å². The van der Waals surface area contributed by atoms with Gasteiger partial charge in [0, 0.05) is 5.56 Å². The molecule has 7 nitrogen and oxygen atoms in total. The van der Waals surface area contributed by atoms with Gasteiger partial charge in [0.05, 0.1) is 11.3 Å². The molecule has 8 heteroatoms.